The van der Waals surface area contributed by atoms with Crippen LogP contribution < -0.4 is 19.9 Å². The van der Waals surface area contributed by atoms with Gasteiger partial charge in [-0.25, -0.2) is 9.59 Å². The number of carbonyl (C=O) groups is 2. The first-order chi connectivity index (χ1) is 13.4. The van der Waals surface area contributed by atoms with Gasteiger partial charge in [0.25, 0.3) is 0 Å². The van der Waals surface area contributed by atoms with Crippen LogP contribution in [-0.4, -0.2) is 50.5 Å². The second-order valence-electron chi connectivity index (χ2n) is 5.51. The smallest absolute Gasteiger partial charge is 0.352 e. The van der Waals surface area contributed by atoms with Gasteiger partial charge in [0.05, 0.1) is 28.4 Å². The third-order valence-corrected chi connectivity index (χ3v) is 4.10. The Labute approximate surface area is 161 Å². The predicted octanol–water partition coefficient (Wildman–Crippen LogP) is 2.05. The van der Waals surface area contributed by atoms with Crippen LogP contribution in [0.3, 0.4) is 0 Å². The number of nitrogens with two attached hydrogens (primary N) is 1. The van der Waals surface area contributed by atoms with Gasteiger partial charge in [-0.3, -0.25) is 0 Å². The lowest BCUT2D eigenvalue weighted by atomic mass is 9.97. The average Bonchev–Trinajstić information content (AvgIpc) is 3.09. The van der Waals surface area contributed by atoms with Gasteiger partial charge in [-0.1, -0.05) is 0 Å². The Hall–Kier alpha value is -3.46. The maximum absolute atomic E-state index is 11.7. The molecule has 0 radical (unpaired) electrons. The van der Waals surface area contributed by atoms with Gasteiger partial charge < -0.3 is 34.8 Å². The molecule has 0 bridgehead atoms. The number of aromatic nitrogens is 1. The molecule has 0 saturated heterocycles. The van der Waals surface area contributed by atoms with Crippen molar-refractivity contribution < 1.29 is 33.6 Å². The largest absolute Gasteiger partial charge is 0.493 e. The number of benzene rings is 1. The fourth-order valence-corrected chi connectivity index (χ4v) is 2.88. The van der Waals surface area contributed by atoms with Crippen molar-refractivity contribution in [3.63, 3.8) is 0 Å². The van der Waals surface area contributed by atoms with Gasteiger partial charge in [0, 0.05) is 35.0 Å². The number of aromatic amines is 1. The van der Waals surface area contributed by atoms with Crippen molar-refractivity contribution in [1.82, 2.24) is 4.98 Å². The molecule has 0 amide bonds. The molecule has 9 heteroatoms. The topological polar surface area (TPSA) is 133 Å². The number of hydrogen-bond acceptors (Lipinski definition) is 7. The minimum Gasteiger partial charge on any atom is -0.493 e. The van der Waals surface area contributed by atoms with E-state index < -0.39 is 11.9 Å². The van der Waals surface area contributed by atoms with Crippen molar-refractivity contribution in [2.45, 2.75) is 6.54 Å². The maximum Gasteiger partial charge on any atom is 0.352 e. The summed E-state index contributed by atoms with van der Waals surface area (Å²) < 4.78 is 20.8. The number of carboxylic acid groups (broad SMARTS) is 1. The van der Waals surface area contributed by atoms with E-state index in [1.807, 2.05) is 0 Å². The molecule has 4 N–H and O–H groups in total. The zero-order valence-corrected chi connectivity index (χ0v) is 16.0. The van der Waals surface area contributed by atoms with E-state index in [0.29, 0.717) is 34.1 Å². The van der Waals surface area contributed by atoms with Crippen molar-refractivity contribution in [2.75, 3.05) is 28.4 Å². The Morgan fingerprint density at radius 2 is 1.79 bits per heavy atom. The Morgan fingerprint density at radius 1 is 1.11 bits per heavy atom. The molecule has 28 heavy (non-hydrogen) atoms. The van der Waals surface area contributed by atoms with Crippen molar-refractivity contribution in [3.05, 3.63) is 35.2 Å². The van der Waals surface area contributed by atoms with E-state index in [1.54, 1.807) is 12.1 Å². The molecule has 1 heterocycles. The van der Waals surface area contributed by atoms with Crippen LogP contribution in [0.4, 0.5) is 0 Å². The molecule has 1 aromatic heterocycles. The molecule has 0 saturated carbocycles. The van der Waals surface area contributed by atoms with E-state index in [1.165, 1.54) is 34.5 Å². The van der Waals surface area contributed by atoms with Gasteiger partial charge in [-0.2, -0.15) is 0 Å². The summed E-state index contributed by atoms with van der Waals surface area (Å²) in [6.07, 6.45) is 2.49. The van der Waals surface area contributed by atoms with Crippen LogP contribution in [0.25, 0.3) is 17.2 Å². The molecular weight excluding hydrogens is 368 g/mol. The van der Waals surface area contributed by atoms with E-state index >= 15 is 0 Å². The van der Waals surface area contributed by atoms with E-state index in [-0.39, 0.29) is 17.8 Å². The zero-order valence-electron chi connectivity index (χ0n) is 16.0. The van der Waals surface area contributed by atoms with E-state index in [9.17, 15) is 14.7 Å². The molecule has 0 atom stereocenters. The highest BCUT2D eigenvalue weighted by Crippen LogP contribution is 2.46. The first kappa shape index (κ1) is 20.8. The van der Waals surface area contributed by atoms with Crippen molar-refractivity contribution in [2.24, 2.45) is 5.73 Å². The third-order valence-electron chi connectivity index (χ3n) is 4.10. The lowest BCUT2D eigenvalue weighted by molar-refractivity contribution is -0.134. The summed E-state index contributed by atoms with van der Waals surface area (Å²) in [7, 11) is 5.64. The number of rotatable bonds is 8. The minimum absolute atomic E-state index is 0.0270. The van der Waals surface area contributed by atoms with E-state index in [0.717, 1.165) is 6.08 Å². The van der Waals surface area contributed by atoms with Crippen molar-refractivity contribution >= 4 is 18.0 Å². The Bertz CT molecular complexity index is 915. The van der Waals surface area contributed by atoms with Gasteiger partial charge in [-0.15, -0.1) is 0 Å². The Balaban J connectivity index is 2.86. The number of hydrogen-bond donors (Lipinski definition) is 3. The van der Waals surface area contributed by atoms with E-state index in [2.05, 4.69) is 9.72 Å². The molecule has 0 aliphatic heterocycles. The first-order valence-corrected chi connectivity index (χ1v) is 8.16. The van der Waals surface area contributed by atoms with Gasteiger partial charge >= 0.3 is 11.9 Å². The standard InChI is InChI=1S/C19H22N2O7/c1-25-13-7-5-11(17(27-3)18(13)28-4)15-10(6-8-14(22)26-2)16(19(23)24)21-12(15)9-20/h5-8,21H,9,20H2,1-4H3,(H,23,24). The summed E-state index contributed by atoms with van der Waals surface area (Å²) in [6, 6.07) is 3.36. The summed E-state index contributed by atoms with van der Waals surface area (Å²) in [5.74, 6) is -0.716. The minimum atomic E-state index is -1.20. The molecule has 0 aliphatic rings. The zero-order chi connectivity index (χ0) is 20.8. The van der Waals surface area contributed by atoms with Crippen LogP contribution in [-0.2, 0) is 16.1 Å². The van der Waals surface area contributed by atoms with Crippen LogP contribution in [0, 0.1) is 0 Å². The Kier molecular flexibility index (Phi) is 6.67. The van der Waals surface area contributed by atoms with Crippen molar-refractivity contribution in [3.8, 4) is 28.4 Å². The fraction of sp³-hybridized carbons (Fsp3) is 0.263. The van der Waals surface area contributed by atoms with Crippen LogP contribution in [0.5, 0.6) is 17.2 Å². The first-order valence-electron chi connectivity index (χ1n) is 8.16. The Morgan fingerprint density at radius 3 is 2.29 bits per heavy atom. The lowest BCUT2D eigenvalue weighted by Crippen LogP contribution is -2.01. The van der Waals surface area contributed by atoms with Crippen LogP contribution >= 0.6 is 0 Å². The molecule has 0 aliphatic carbocycles. The van der Waals surface area contributed by atoms with Gasteiger partial charge in [0.1, 0.15) is 5.69 Å². The molecule has 1 aromatic carbocycles. The molecule has 150 valence electrons. The summed E-state index contributed by atoms with van der Waals surface area (Å²) in [4.78, 5) is 26.1. The van der Waals surface area contributed by atoms with Crippen molar-refractivity contribution in [1.29, 1.82) is 0 Å². The lowest BCUT2D eigenvalue weighted by Gasteiger charge is -2.16. The highest BCUT2D eigenvalue weighted by Gasteiger charge is 2.26. The summed E-state index contributed by atoms with van der Waals surface area (Å²) in [5, 5.41) is 9.58. The number of aromatic carboxylic acids is 1. The van der Waals surface area contributed by atoms with Crippen LogP contribution in [0.15, 0.2) is 18.2 Å². The highest BCUT2D eigenvalue weighted by atomic mass is 16.5. The van der Waals surface area contributed by atoms with Gasteiger partial charge in [-0.05, 0) is 18.2 Å². The van der Waals surface area contributed by atoms with Crippen LogP contribution in [0.1, 0.15) is 21.7 Å². The number of nitrogens with one attached hydrogen (secondary N) is 1. The third kappa shape index (κ3) is 3.79. The molecule has 2 rings (SSSR count). The monoisotopic (exact) mass is 390 g/mol. The number of carboxylic acids is 1. The molecule has 9 nitrogen and oxygen atoms in total. The summed E-state index contributed by atoms with van der Waals surface area (Å²) in [5.41, 5.74) is 7.41. The maximum atomic E-state index is 11.7. The molecule has 0 fully saturated rings. The summed E-state index contributed by atoms with van der Waals surface area (Å²) in [6.45, 7) is 0.0270. The van der Waals surface area contributed by atoms with Gasteiger partial charge in [0.2, 0.25) is 5.75 Å². The molecular formula is C19H22N2O7. The fourth-order valence-electron chi connectivity index (χ4n) is 2.88. The normalized spacial score (nSPS) is 10.8. The SMILES string of the molecule is COC(=O)C=Cc1c(C(=O)O)[nH]c(CN)c1-c1ccc(OC)c(OC)c1OC. The van der Waals surface area contributed by atoms with Gasteiger partial charge in [0.15, 0.2) is 11.5 Å². The highest BCUT2D eigenvalue weighted by molar-refractivity contribution is 5.99. The number of methoxy groups -OCH3 is 4. The number of carbonyl (C=O) groups excluding carboxylic acids is 1. The molecule has 0 spiro atoms. The predicted molar refractivity (Wildman–Crippen MR) is 102 cm³/mol. The average molecular weight is 390 g/mol. The second kappa shape index (κ2) is 8.96. The van der Waals surface area contributed by atoms with E-state index in [4.69, 9.17) is 19.9 Å². The number of H-pyrrole nitrogens is 1. The quantitative estimate of drug-likeness (QED) is 0.461. The number of ether oxygens (including phenoxy) is 4. The molecule has 2 aromatic rings. The van der Waals surface area contributed by atoms with Crippen LogP contribution in [0.2, 0.25) is 0 Å². The number of esters is 1. The molecule has 0 unspecified atom stereocenters. The second-order valence-corrected chi connectivity index (χ2v) is 5.51. The summed E-state index contributed by atoms with van der Waals surface area (Å²) >= 11 is 0.